The zero-order chi connectivity index (χ0) is 14.8. The average Bonchev–Trinajstić information content (AvgIpc) is 2.39. The molecule has 4 nitrogen and oxygen atoms in total. The first-order valence-corrected chi connectivity index (χ1v) is 8.35. The molecule has 1 N–H and O–H groups in total. The van der Waals surface area contributed by atoms with Gasteiger partial charge in [0.05, 0.1) is 0 Å². The summed E-state index contributed by atoms with van der Waals surface area (Å²) in [6, 6.07) is 5.49. The van der Waals surface area contributed by atoms with E-state index in [0.29, 0.717) is 19.0 Å². The highest BCUT2D eigenvalue weighted by molar-refractivity contribution is 7.87. The van der Waals surface area contributed by atoms with Gasteiger partial charge < -0.3 is 0 Å². The van der Waals surface area contributed by atoms with Gasteiger partial charge in [-0.15, -0.1) is 0 Å². The van der Waals surface area contributed by atoms with Gasteiger partial charge in [-0.05, 0) is 43.4 Å². The molecular formula is C14H21FN2O2S. The van der Waals surface area contributed by atoms with Crippen LogP contribution in [0.1, 0.15) is 38.3 Å². The number of nitrogens with one attached hydrogen (secondary N) is 1. The van der Waals surface area contributed by atoms with Gasteiger partial charge in [-0.1, -0.05) is 19.1 Å². The van der Waals surface area contributed by atoms with E-state index in [4.69, 9.17) is 0 Å². The highest BCUT2D eigenvalue weighted by Crippen LogP contribution is 2.20. The Labute approximate surface area is 120 Å². The number of halogens is 1. The average molecular weight is 300 g/mol. The van der Waals surface area contributed by atoms with E-state index in [1.165, 1.54) is 16.4 Å². The van der Waals surface area contributed by atoms with Crippen LogP contribution in [0, 0.1) is 11.7 Å². The van der Waals surface area contributed by atoms with E-state index < -0.39 is 10.2 Å². The third-order valence-corrected chi connectivity index (χ3v) is 5.47. The predicted octanol–water partition coefficient (Wildman–Crippen LogP) is 2.45. The van der Waals surface area contributed by atoms with Gasteiger partial charge >= 0.3 is 0 Å². The number of hydrogen-bond acceptors (Lipinski definition) is 2. The van der Waals surface area contributed by atoms with Crippen LogP contribution < -0.4 is 4.72 Å². The lowest BCUT2D eigenvalue weighted by Gasteiger charge is -2.30. The first-order chi connectivity index (χ1) is 9.38. The van der Waals surface area contributed by atoms with Crippen molar-refractivity contribution < 1.29 is 12.8 Å². The second-order valence-electron chi connectivity index (χ2n) is 5.48. The molecule has 20 heavy (non-hydrogen) atoms. The van der Waals surface area contributed by atoms with Crippen LogP contribution >= 0.6 is 0 Å². The zero-order valence-electron chi connectivity index (χ0n) is 11.8. The van der Waals surface area contributed by atoms with Gasteiger partial charge in [-0.2, -0.15) is 17.4 Å². The number of piperidine rings is 1. The molecule has 1 saturated heterocycles. The molecule has 0 unspecified atom stereocenters. The van der Waals surface area contributed by atoms with Crippen molar-refractivity contribution in [2.24, 2.45) is 5.92 Å². The van der Waals surface area contributed by atoms with Crippen molar-refractivity contribution in [3.63, 3.8) is 0 Å². The van der Waals surface area contributed by atoms with Crippen molar-refractivity contribution in [1.29, 1.82) is 0 Å². The Morgan fingerprint density at radius 1 is 1.25 bits per heavy atom. The topological polar surface area (TPSA) is 49.4 Å². The summed E-state index contributed by atoms with van der Waals surface area (Å²) in [4.78, 5) is 0. The van der Waals surface area contributed by atoms with Crippen LogP contribution in [0.5, 0.6) is 0 Å². The molecule has 0 radical (unpaired) electrons. The van der Waals surface area contributed by atoms with E-state index in [-0.39, 0.29) is 11.9 Å². The second kappa shape index (κ2) is 6.20. The molecule has 2 rings (SSSR count). The van der Waals surface area contributed by atoms with Gasteiger partial charge in [0.2, 0.25) is 0 Å². The van der Waals surface area contributed by atoms with Crippen LogP contribution in [0.3, 0.4) is 0 Å². The molecule has 112 valence electrons. The van der Waals surface area contributed by atoms with Crippen LogP contribution in [0.15, 0.2) is 24.3 Å². The van der Waals surface area contributed by atoms with Gasteiger partial charge in [-0.25, -0.2) is 4.39 Å². The summed E-state index contributed by atoms with van der Waals surface area (Å²) in [5.41, 5.74) is 0.750. The van der Waals surface area contributed by atoms with E-state index in [9.17, 15) is 12.8 Å². The zero-order valence-corrected chi connectivity index (χ0v) is 12.7. The molecule has 0 amide bonds. The minimum absolute atomic E-state index is 0.325. The Kier molecular flexibility index (Phi) is 4.78. The Morgan fingerprint density at radius 2 is 1.80 bits per heavy atom. The maximum absolute atomic E-state index is 12.9. The van der Waals surface area contributed by atoms with Crippen LogP contribution in [0.2, 0.25) is 0 Å². The molecule has 1 aromatic carbocycles. The summed E-state index contributed by atoms with van der Waals surface area (Å²) in [6.07, 6.45) is 1.79. The minimum Gasteiger partial charge on any atom is -0.207 e. The molecule has 1 fully saturated rings. The Bertz CT molecular complexity index is 537. The SMILES string of the molecule is CC1CCN(S(=O)(=O)N[C@@H](C)c2ccc(F)cc2)CC1. The molecule has 0 saturated carbocycles. The quantitative estimate of drug-likeness (QED) is 0.928. The molecule has 0 bridgehead atoms. The fourth-order valence-electron chi connectivity index (χ4n) is 2.34. The van der Waals surface area contributed by atoms with Gasteiger partial charge in [0.1, 0.15) is 5.82 Å². The largest absolute Gasteiger partial charge is 0.279 e. The van der Waals surface area contributed by atoms with Crippen LogP contribution in [-0.2, 0) is 10.2 Å². The fraction of sp³-hybridized carbons (Fsp3) is 0.571. The number of nitrogens with zero attached hydrogens (tertiary/aromatic N) is 1. The lowest BCUT2D eigenvalue weighted by Crippen LogP contribution is -2.45. The molecule has 1 aliphatic heterocycles. The van der Waals surface area contributed by atoms with E-state index in [1.54, 1.807) is 19.1 Å². The van der Waals surface area contributed by atoms with Crippen molar-refractivity contribution in [2.45, 2.75) is 32.7 Å². The summed E-state index contributed by atoms with van der Waals surface area (Å²) < 4.78 is 41.6. The highest BCUT2D eigenvalue weighted by atomic mass is 32.2. The normalized spacial score (nSPS) is 19.9. The van der Waals surface area contributed by atoms with Crippen LogP contribution in [0.25, 0.3) is 0 Å². The molecular weight excluding hydrogens is 279 g/mol. The van der Waals surface area contributed by atoms with Crippen molar-refractivity contribution in [2.75, 3.05) is 13.1 Å². The molecule has 1 aromatic rings. The second-order valence-corrected chi connectivity index (χ2v) is 7.18. The first-order valence-electron chi connectivity index (χ1n) is 6.91. The van der Waals surface area contributed by atoms with Crippen molar-refractivity contribution >= 4 is 10.2 Å². The standard InChI is InChI=1S/C14H21FN2O2S/c1-11-7-9-17(10-8-11)20(18,19)16-12(2)13-3-5-14(15)6-4-13/h3-6,11-12,16H,7-10H2,1-2H3/t12-/m0/s1. The molecule has 1 atom stereocenters. The van der Waals surface area contributed by atoms with Crippen LogP contribution in [0.4, 0.5) is 4.39 Å². The summed E-state index contributed by atoms with van der Waals surface area (Å²) in [5, 5.41) is 0. The van der Waals surface area contributed by atoms with E-state index in [0.717, 1.165) is 18.4 Å². The monoisotopic (exact) mass is 300 g/mol. The summed E-state index contributed by atoms with van der Waals surface area (Å²) in [6.45, 7) is 5.02. The van der Waals surface area contributed by atoms with Gasteiger partial charge in [0.15, 0.2) is 0 Å². The van der Waals surface area contributed by atoms with Crippen LogP contribution in [-0.4, -0.2) is 25.8 Å². The van der Waals surface area contributed by atoms with E-state index in [1.807, 2.05) is 0 Å². The number of rotatable bonds is 4. The molecule has 0 spiro atoms. The van der Waals surface area contributed by atoms with Gasteiger partial charge in [0.25, 0.3) is 10.2 Å². The predicted molar refractivity (Wildman–Crippen MR) is 76.8 cm³/mol. The summed E-state index contributed by atoms with van der Waals surface area (Å²) in [7, 11) is -3.47. The molecule has 0 aliphatic carbocycles. The van der Waals surface area contributed by atoms with E-state index in [2.05, 4.69) is 11.6 Å². The first kappa shape index (κ1) is 15.4. The molecule has 6 heteroatoms. The lowest BCUT2D eigenvalue weighted by atomic mass is 10.0. The maximum atomic E-state index is 12.9. The summed E-state index contributed by atoms with van der Waals surface area (Å²) in [5.74, 6) is 0.254. The third kappa shape index (κ3) is 3.77. The van der Waals surface area contributed by atoms with E-state index >= 15 is 0 Å². The van der Waals surface area contributed by atoms with Gasteiger partial charge in [-0.3, -0.25) is 0 Å². The molecule has 1 aliphatic rings. The lowest BCUT2D eigenvalue weighted by molar-refractivity contribution is 0.284. The summed E-state index contributed by atoms with van der Waals surface area (Å²) >= 11 is 0. The van der Waals surface area contributed by atoms with Crippen molar-refractivity contribution in [3.8, 4) is 0 Å². The number of benzene rings is 1. The van der Waals surface area contributed by atoms with Crippen molar-refractivity contribution in [3.05, 3.63) is 35.6 Å². The molecule has 1 heterocycles. The Balaban J connectivity index is 2.02. The number of hydrogen-bond donors (Lipinski definition) is 1. The highest BCUT2D eigenvalue weighted by Gasteiger charge is 2.27. The Morgan fingerprint density at radius 3 is 2.35 bits per heavy atom. The molecule has 0 aromatic heterocycles. The Hall–Kier alpha value is -0.980. The van der Waals surface area contributed by atoms with Crippen molar-refractivity contribution in [1.82, 2.24) is 9.03 Å². The third-order valence-electron chi connectivity index (χ3n) is 3.78. The van der Waals surface area contributed by atoms with Gasteiger partial charge in [0, 0.05) is 19.1 Å². The minimum atomic E-state index is -3.47. The smallest absolute Gasteiger partial charge is 0.207 e. The fourth-order valence-corrected chi connectivity index (χ4v) is 3.77. The maximum Gasteiger partial charge on any atom is 0.279 e.